The number of allylic oxidation sites excluding steroid dienone is 6. The first-order valence-electron chi connectivity index (χ1n) is 22.4. The number of halogens is 2. The van der Waals surface area contributed by atoms with Crippen molar-refractivity contribution < 1.29 is 49.0 Å². The van der Waals surface area contributed by atoms with Crippen molar-refractivity contribution >= 4 is 8.78 Å². The van der Waals surface area contributed by atoms with Crippen LogP contribution in [0.2, 0.25) is 0 Å². The van der Waals surface area contributed by atoms with E-state index in [1.165, 1.54) is 91.4 Å². The minimum Gasteiger partial charge on any atom is -1.00 e. The second kappa shape index (κ2) is 16.5. The van der Waals surface area contributed by atoms with Crippen molar-refractivity contribution in [2.24, 2.45) is 51.2 Å². The predicted molar refractivity (Wildman–Crippen MR) is 236 cm³/mol. The summed E-state index contributed by atoms with van der Waals surface area (Å²) < 4.78 is 1.55. The maximum absolute atomic E-state index is 2.62. The molecule has 0 aromatic heterocycles. The normalized spacial score (nSPS) is 32.2. The van der Waals surface area contributed by atoms with Crippen LogP contribution in [0.5, 0.6) is 0 Å². The van der Waals surface area contributed by atoms with E-state index < -0.39 is 0 Å². The molecule has 0 amide bonds. The quantitative estimate of drug-likeness (QED) is 0.232. The summed E-state index contributed by atoms with van der Waals surface area (Å²) >= 11 is 1.54. The van der Waals surface area contributed by atoms with Gasteiger partial charge in [0.15, 0.2) is 0 Å². The summed E-state index contributed by atoms with van der Waals surface area (Å²) in [6, 6.07) is 26.9. The van der Waals surface area contributed by atoms with Gasteiger partial charge in [-0.2, -0.15) is 34.4 Å². The van der Waals surface area contributed by atoms with Crippen molar-refractivity contribution in [1.29, 1.82) is 0 Å². The van der Waals surface area contributed by atoms with Crippen LogP contribution >= 0.6 is 0 Å². The minimum atomic E-state index is 0. The van der Waals surface area contributed by atoms with E-state index >= 15 is 0 Å². The van der Waals surface area contributed by atoms with Gasteiger partial charge < -0.3 is 24.8 Å². The van der Waals surface area contributed by atoms with Crippen molar-refractivity contribution in [2.45, 2.75) is 139 Å². The average molecular weight is 893 g/mol. The smallest absolute Gasteiger partial charge is 0.00969 e. The molecule has 2 atom stereocenters. The predicted octanol–water partition coefficient (Wildman–Crippen LogP) is 8.57. The SMILES string of the molecule is CC[C](=[Zr+2])c1ccccc1.C[C-]1C2=C3Cc4ccccc4C3=C3C=CCCC3C2(C)C(C)(C)C(C)(C)C1(C)C.Cc1cc(C2(C)C3CC4CC(C3)CC2C4)c[cH-]1.[Cl-].[Cl-]. The Balaban J connectivity index is 0.000000165. The summed E-state index contributed by atoms with van der Waals surface area (Å²) in [6.45, 7) is 27.3. The van der Waals surface area contributed by atoms with Gasteiger partial charge in [-0.1, -0.05) is 133 Å². The third-order valence-electron chi connectivity index (χ3n) is 18.6. The fourth-order valence-corrected chi connectivity index (χ4v) is 14.4. The zero-order valence-electron chi connectivity index (χ0n) is 37.6. The Morgan fingerprint density at radius 3 is 2.00 bits per heavy atom. The average Bonchev–Trinajstić information content (AvgIpc) is 3.80. The molecule has 0 aliphatic heterocycles. The molecular weight excluding hydrogens is 823 g/mol. The third kappa shape index (κ3) is 6.80. The van der Waals surface area contributed by atoms with Crippen LogP contribution in [0, 0.1) is 64.1 Å². The number of rotatable bonds is 3. The summed E-state index contributed by atoms with van der Waals surface area (Å²) in [5.41, 5.74) is 15.3. The van der Waals surface area contributed by atoms with E-state index in [0.29, 0.717) is 11.3 Å². The second-order valence-electron chi connectivity index (χ2n) is 21.2. The van der Waals surface area contributed by atoms with Gasteiger partial charge in [-0.25, -0.2) is 12.0 Å². The Kier molecular flexibility index (Phi) is 13.0. The molecule has 8 aliphatic carbocycles. The van der Waals surface area contributed by atoms with Crippen LogP contribution in [0.4, 0.5) is 0 Å². The first-order valence-corrected chi connectivity index (χ1v) is 23.6. The molecular formula is C55H70Cl2Zr-2. The van der Waals surface area contributed by atoms with Gasteiger partial charge in [0.2, 0.25) is 0 Å². The van der Waals surface area contributed by atoms with Crippen LogP contribution in [-0.2, 0) is 36.1 Å². The molecule has 3 heteroatoms. The summed E-state index contributed by atoms with van der Waals surface area (Å²) in [4.78, 5) is 0. The number of hydrogen-bond donors (Lipinski definition) is 0. The Bertz CT molecular complexity index is 2060. The molecule has 4 bridgehead atoms. The zero-order chi connectivity index (χ0) is 40.0. The number of benzene rings is 2. The van der Waals surface area contributed by atoms with Gasteiger partial charge in [0.05, 0.1) is 0 Å². The van der Waals surface area contributed by atoms with Crippen LogP contribution in [0.1, 0.15) is 148 Å². The van der Waals surface area contributed by atoms with E-state index in [0.717, 1.165) is 30.1 Å². The summed E-state index contributed by atoms with van der Waals surface area (Å²) in [5, 5.41) is 0. The minimum absolute atomic E-state index is 0. The molecule has 5 saturated carbocycles. The molecule has 310 valence electrons. The molecule has 3 aromatic carbocycles. The zero-order valence-corrected chi connectivity index (χ0v) is 41.6. The van der Waals surface area contributed by atoms with Gasteiger partial charge in [-0.15, -0.1) is 6.92 Å². The van der Waals surface area contributed by atoms with Crippen LogP contribution < -0.4 is 24.8 Å². The molecule has 0 heterocycles. The summed E-state index contributed by atoms with van der Waals surface area (Å²) in [7, 11) is 0. The molecule has 2 unspecified atom stereocenters. The largest absolute Gasteiger partial charge is 1.00 e. The van der Waals surface area contributed by atoms with Gasteiger partial charge in [-0.3, -0.25) is 0 Å². The molecule has 11 rings (SSSR count). The fraction of sp³-hybridized carbons (Fsp3) is 0.545. The van der Waals surface area contributed by atoms with Crippen molar-refractivity contribution in [2.75, 3.05) is 0 Å². The first kappa shape index (κ1) is 45.7. The van der Waals surface area contributed by atoms with E-state index in [9.17, 15) is 0 Å². The summed E-state index contributed by atoms with van der Waals surface area (Å²) in [6.07, 6.45) is 17.3. The van der Waals surface area contributed by atoms with Gasteiger partial charge in [0.25, 0.3) is 0 Å². The Morgan fingerprint density at radius 2 is 1.41 bits per heavy atom. The molecule has 3 aromatic rings. The Hall–Kier alpha value is -1.79. The van der Waals surface area contributed by atoms with Crippen LogP contribution in [0.3, 0.4) is 0 Å². The third-order valence-corrected chi connectivity index (χ3v) is 20.2. The van der Waals surface area contributed by atoms with E-state index in [4.69, 9.17) is 0 Å². The fourth-order valence-electron chi connectivity index (χ4n) is 13.9. The molecule has 0 saturated heterocycles. The monoisotopic (exact) mass is 890 g/mol. The molecule has 0 spiro atoms. The van der Waals surface area contributed by atoms with Crippen molar-refractivity contribution in [3.8, 4) is 0 Å². The Morgan fingerprint density at radius 1 is 0.810 bits per heavy atom. The molecule has 5 fully saturated rings. The van der Waals surface area contributed by atoms with Crippen LogP contribution in [-0.4, -0.2) is 3.21 Å². The van der Waals surface area contributed by atoms with Crippen molar-refractivity contribution in [1.82, 2.24) is 0 Å². The van der Waals surface area contributed by atoms with E-state index in [-0.39, 0.29) is 46.5 Å². The number of fused-ring (bicyclic) bond motifs is 6. The molecule has 8 aliphatic rings. The number of hydrogen-bond acceptors (Lipinski definition) is 0. The van der Waals surface area contributed by atoms with E-state index in [2.05, 4.69) is 161 Å². The van der Waals surface area contributed by atoms with Gasteiger partial charge >= 0.3 is 76.7 Å². The topological polar surface area (TPSA) is 0 Å². The van der Waals surface area contributed by atoms with Crippen LogP contribution in [0.25, 0.3) is 5.57 Å². The first-order chi connectivity index (χ1) is 26.5. The Labute approximate surface area is 381 Å². The van der Waals surface area contributed by atoms with Crippen molar-refractivity contribution in [3.63, 3.8) is 0 Å². The summed E-state index contributed by atoms with van der Waals surface area (Å²) in [5.74, 6) is 6.38. The maximum Gasteiger partial charge on any atom is -0.00969 e. The molecule has 58 heavy (non-hydrogen) atoms. The van der Waals surface area contributed by atoms with E-state index in [1.54, 1.807) is 43.4 Å². The molecule has 0 N–H and O–H groups in total. The number of aryl methyl sites for hydroxylation is 1. The molecule has 0 radical (unpaired) electrons. The second-order valence-corrected chi connectivity index (χ2v) is 22.7. The van der Waals surface area contributed by atoms with E-state index in [1.807, 2.05) is 0 Å². The van der Waals surface area contributed by atoms with Gasteiger partial charge in [0.1, 0.15) is 0 Å². The maximum atomic E-state index is 2.62. The standard InChI is InChI=1S/C29H37.C17H23.C9H10.2ClH.Zr/c1-18-25-22-17-19-13-9-10-14-20(19)24(22)21-15-11-12-16-23(21)29(25,8)28(6,7)27(4,5)26(18,2)3;1-11-3-4-14(5-11)17(2)15-7-12-6-13(9-15)10-16(17)8-12;1-2-6-9-7-4-3-5-8-9;;;/h9-11,13-15,23H,12,16-17H2,1-8H3;3-5,12-13,15-16H,6-10H2,1-2H3;3-5,7-8H,2H2,1H3;2*1H;/q2*-1;;;;+2/p-2. The van der Waals surface area contributed by atoms with Crippen LogP contribution in [0.15, 0.2) is 102 Å². The van der Waals surface area contributed by atoms with Gasteiger partial charge in [0, 0.05) is 0 Å². The van der Waals surface area contributed by atoms with Crippen molar-refractivity contribution in [3.05, 3.63) is 135 Å². The molecule has 0 nitrogen and oxygen atoms in total. The van der Waals surface area contributed by atoms with Gasteiger partial charge in [-0.05, 0) is 96.3 Å².